The predicted octanol–water partition coefficient (Wildman–Crippen LogP) is 4.49. The molecule has 0 aliphatic heterocycles. The second-order valence-electron chi connectivity index (χ2n) is 7.75. The van der Waals surface area contributed by atoms with Gasteiger partial charge in [0.1, 0.15) is 11.5 Å². The van der Waals surface area contributed by atoms with Crippen molar-refractivity contribution < 1.29 is 17.9 Å². The van der Waals surface area contributed by atoms with E-state index in [4.69, 9.17) is 27.9 Å². The molecule has 0 saturated heterocycles. The summed E-state index contributed by atoms with van der Waals surface area (Å²) >= 11 is 11.9. The van der Waals surface area contributed by atoms with Crippen LogP contribution < -0.4 is 9.46 Å². The minimum Gasteiger partial charge on any atom is -0.424 e. The highest BCUT2D eigenvalue weighted by atomic mass is 35.5. The zero-order valence-corrected chi connectivity index (χ0v) is 20.3. The van der Waals surface area contributed by atoms with Crippen LogP contribution in [0.2, 0.25) is 10.0 Å². The Bertz CT molecular complexity index is 1320. The maximum absolute atomic E-state index is 12.8. The topological polar surface area (TPSA) is 103 Å². The summed E-state index contributed by atoms with van der Waals surface area (Å²) in [5, 5.41) is 8.69. The summed E-state index contributed by atoms with van der Waals surface area (Å²) < 4.78 is 35.9. The zero-order valence-electron chi connectivity index (χ0n) is 18.0. The molecular formula is C22H22Cl2N4O4S. The summed E-state index contributed by atoms with van der Waals surface area (Å²) in [6.45, 7) is 4.03. The van der Waals surface area contributed by atoms with E-state index >= 15 is 0 Å². The molecule has 0 amide bonds. The fourth-order valence-electron chi connectivity index (χ4n) is 3.74. The zero-order chi connectivity index (χ0) is 23.8. The maximum atomic E-state index is 12.8. The Balaban J connectivity index is 1.54. The van der Waals surface area contributed by atoms with Crippen molar-refractivity contribution in [3.63, 3.8) is 0 Å². The van der Waals surface area contributed by atoms with E-state index in [1.165, 1.54) is 18.2 Å². The van der Waals surface area contributed by atoms with Gasteiger partial charge in [-0.25, -0.2) is 13.1 Å². The van der Waals surface area contributed by atoms with Crippen molar-refractivity contribution in [3.8, 4) is 11.8 Å². The number of halogens is 2. The molecule has 0 spiro atoms. The largest absolute Gasteiger partial charge is 0.424 e. The Morgan fingerprint density at radius 3 is 2.61 bits per heavy atom. The molecule has 4 rings (SSSR count). The summed E-state index contributed by atoms with van der Waals surface area (Å²) in [6, 6.07) is 9.26. The van der Waals surface area contributed by atoms with Crippen molar-refractivity contribution in [1.29, 1.82) is 0 Å². The number of rotatable bonds is 7. The Labute approximate surface area is 201 Å². The number of aryl methyl sites for hydroxylation is 1. The van der Waals surface area contributed by atoms with E-state index in [1.807, 2.05) is 19.1 Å². The number of nitrogens with one attached hydrogen (secondary N) is 1. The van der Waals surface area contributed by atoms with Gasteiger partial charge in [0.15, 0.2) is 5.82 Å². The average Bonchev–Trinajstić information content (AvgIpc) is 3.18. The predicted molar refractivity (Wildman–Crippen MR) is 124 cm³/mol. The lowest BCUT2D eigenvalue weighted by atomic mass is 9.91. The number of aromatic nitrogens is 3. The third-order valence-electron chi connectivity index (χ3n) is 5.43. The summed E-state index contributed by atoms with van der Waals surface area (Å²) in [5.41, 5.74) is 2.10. The van der Waals surface area contributed by atoms with Crippen LogP contribution in [0.25, 0.3) is 0 Å². The number of hydrogen-bond donors (Lipinski definition) is 1. The molecule has 1 atom stereocenters. The normalized spacial score (nSPS) is 14.7. The van der Waals surface area contributed by atoms with Gasteiger partial charge >= 0.3 is 6.01 Å². The van der Waals surface area contributed by atoms with Crippen LogP contribution in [0.1, 0.15) is 43.3 Å². The highest BCUT2D eigenvalue weighted by Gasteiger charge is 2.25. The summed E-state index contributed by atoms with van der Waals surface area (Å²) in [4.78, 5) is 11.7. The Morgan fingerprint density at radius 1 is 1.09 bits per heavy atom. The highest BCUT2D eigenvalue weighted by Crippen LogP contribution is 2.29. The molecule has 1 aromatic heterocycles. The van der Waals surface area contributed by atoms with Gasteiger partial charge in [0.05, 0.1) is 21.0 Å². The molecule has 1 heterocycles. The first-order chi connectivity index (χ1) is 15.7. The van der Waals surface area contributed by atoms with Crippen LogP contribution in [0.3, 0.4) is 0 Å². The summed E-state index contributed by atoms with van der Waals surface area (Å²) in [7, 11) is -3.88. The van der Waals surface area contributed by atoms with Crippen LogP contribution >= 0.6 is 23.2 Å². The molecule has 0 saturated carbocycles. The quantitative estimate of drug-likeness (QED) is 0.503. The molecule has 1 N–H and O–H groups in total. The van der Waals surface area contributed by atoms with Gasteiger partial charge in [-0.1, -0.05) is 34.4 Å². The van der Waals surface area contributed by atoms with E-state index in [-0.39, 0.29) is 26.7 Å². The number of carbonyl (C=O) groups is 1. The summed E-state index contributed by atoms with van der Waals surface area (Å²) in [6.07, 6.45) is 1.66. The van der Waals surface area contributed by atoms with Gasteiger partial charge in [0, 0.05) is 19.4 Å². The standard InChI is InChI=1S/C22H22Cl2N4O4S/c1-3-28-21(13(2)27-33(30,31)18-8-9-19(23)20(24)12-18)25-26-22(28)32-17-7-5-14-10-16(29)6-4-15(14)11-17/h5,7-9,11-13,27H,3-4,6,10H2,1-2H3/t13-/m1/s1. The van der Waals surface area contributed by atoms with E-state index in [0.29, 0.717) is 37.4 Å². The molecule has 8 nitrogen and oxygen atoms in total. The Kier molecular flexibility index (Phi) is 6.76. The number of hydrogen-bond acceptors (Lipinski definition) is 6. The van der Waals surface area contributed by atoms with Gasteiger partial charge in [-0.05, 0) is 61.7 Å². The van der Waals surface area contributed by atoms with Crippen molar-refractivity contribution in [2.75, 3.05) is 0 Å². The first-order valence-electron chi connectivity index (χ1n) is 10.4. The smallest absolute Gasteiger partial charge is 0.322 e. The fourth-order valence-corrected chi connectivity index (χ4v) is 5.33. The van der Waals surface area contributed by atoms with E-state index in [0.717, 1.165) is 11.1 Å². The molecule has 1 aliphatic carbocycles. The molecular weight excluding hydrogens is 487 g/mol. The lowest BCUT2D eigenvalue weighted by Gasteiger charge is -2.17. The van der Waals surface area contributed by atoms with Crippen LogP contribution in [0.4, 0.5) is 0 Å². The van der Waals surface area contributed by atoms with Gasteiger partial charge in [-0.15, -0.1) is 5.10 Å². The van der Waals surface area contributed by atoms with E-state index in [1.54, 1.807) is 17.6 Å². The number of sulfonamides is 1. The lowest BCUT2D eigenvalue weighted by Crippen LogP contribution is -2.29. The molecule has 1 aliphatic rings. The van der Waals surface area contributed by atoms with Crippen molar-refractivity contribution in [3.05, 3.63) is 63.4 Å². The number of ether oxygens (including phenoxy) is 1. The van der Waals surface area contributed by atoms with Crippen molar-refractivity contribution >= 4 is 39.0 Å². The van der Waals surface area contributed by atoms with Gasteiger partial charge < -0.3 is 4.74 Å². The number of nitrogens with zero attached hydrogens (tertiary/aromatic N) is 3. The second-order valence-corrected chi connectivity index (χ2v) is 10.3. The number of ketones is 1. The van der Waals surface area contributed by atoms with Gasteiger partial charge in [0.25, 0.3) is 0 Å². The number of benzene rings is 2. The molecule has 2 aromatic carbocycles. The van der Waals surface area contributed by atoms with Gasteiger partial charge in [0.2, 0.25) is 10.0 Å². The minimum absolute atomic E-state index is 0.00433. The van der Waals surface area contributed by atoms with Crippen molar-refractivity contribution in [2.24, 2.45) is 0 Å². The Hall–Kier alpha value is -2.46. The number of fused-ring (bicyclic) bond motifs is 1. The van der Waals surface area contributed by atoms with Crippen LogP contribution in [0, 0.1) is 0 Å². The number of Topliss-reactive ketones (excluding diaryl/α,β-unsaturated/α-hetero) is 1. The SMILES string of the molecule is CCn1c(Oc2ccc3c(c2)CCC(=O)C3)nnc1[C@@H](C)NS(=O)(=O)c1ccc(Cl)c(Cl)c1. The third kappa shape index (κ3) is 5.06. The molecule has 0 bridgehead atoms. The van der Waals surface area contributed by atoms with Crippen LogP contribution in [-0.4, -0.2) is 29.0 Å². The first-order valence-corrected chi connectivity index (χ1v) is 12.6. The van der Waals surface area contributed by atoms with Crippen LogP contribution in [0.15, 0.2) is 41.3 Å². The van der Waals surface area contributed by atoms with Gasteiger partial charge in [-0.3, -0.25) is 9.36 Å². The average molecular weight is 509 g/mol. The van der Waals surface area contributed by atoms with Crippen LogP contribution in [-0.2, 0) is 34.2 Å². The van der Waals surface area contributed by atoms with Crippen molar-refractivity contribution in [1.82, 2.24) is 19.5 Å². The number of carbonyl (C=O) groups excluding carboxylic acids is 1. The molecule has 174 valence electrons. The maximum Gasteiger partial charge on any atom is 0.322 e. The van der Waals surface area contributed by atoms with Gasteiger partial charge in [-0.2, -0.15) is 0 Å². The minimum atomic E-state index is -3.88. The van der Waals surface area contributed by atoms with Crippen LogP contribution in [0.5, 0.6) is 11.8 Å². The fraction of sp³-hybridized carbons (Fsp3) is 0.318. The molecule has 0 fully saturated rings. The van der Waals surface area contributed by atoms with E-state index < -0.39 is 16.1 Å². The first kappa shape index (κ1) is 23.7. The second kappa shape index (κ2) is 9.42. The molecule has 0 radical (unpaired) electrons. The molecule has 33 heavy (non-hydrogen) atoms. The van der Waals surface area contributed by atoms with E-state index in [9.17, 15) is 13.2 Å². The highest BCUT2D eigenvalue weighted by molar-refractivity contribution is 7.89. The third-order valence-corrected chi connectivity index (χ3v) is 7.71. The molecule has 11 heteroatoms. The Morgan fingerprint density at radius 2 is 1.88 bits per heavy atom. The molecule has 0 unspecified atom stereocenters. The lowest BCUT2D eigenvalue weighted by molar-refractivity contribution is -0.118. The van der Waals surface area contributed by atoms with Crippen molar-refractivity contribution in [2.45, 2.75) is 50.6 Å². The monoisotopic (exact) mass is 508 g/mol. The molecule has 3 aromatic rings. The summed E-state index contributed by atoms with van der Waals surface area (Å²) in [5.74, 6) is 1.23. The van der Waals surface area contributed by atoms with E-state index in [2.05, 4.69) is 14.9 Å².